The molecule has 190 valence electrons. The summed E-state index contributed by atoms with van der Waals surface area (Å²) >= 11 is 1.81. The molecule has 0 saturated carbocycles. The first-order chi connectivity index (χ1) is 19.7. The first-order valence-corrected chi connectivity index (χ1v) is 14.0. The highest BCUT2D eigenvalue weighted by molar-refractivity contribution is 7.26. The van der Waals surface area contributed by atoms with Gasteiger partial charge in [-0.3, -0.25) is 0 Å². The summed E-state index contributed by atoms with van der Waals surface area (Å²) in [6.45, 7) is 0. The standard InChI is InChI=1S/C36H22FNOS/c37-25-19-15-23(16-20-25)24-17-21-26(22-18-24)38(31-11-5-9-29-27-7-1-3-13-33(27)39-35(29)31)32-12-6-10-30-28-8-2-4-14-34(28)40-36(30)32/h1-22H. The fourth-order valence-corrected chi connectivity index (χ4v) is 6.88. The average molecular weight is 536 g/mol. The van der Waals surface area contributed by atoms with Crippen molar-refractivity contribution in [2.24, 2.45) is 0 Å². The van der Waals surface area contributed by atoms with Gasteiger partial charge in [-0.1, -0.05) is 84.9 Å². The summed E-state index contributed by atoms with van der Waals surface area (Å²) in [6, 6.07) is 44.7. The minimum Gasteiger partial charge on any atom is -0.454 e. The molecule has 2 aromatic heterocycles. The van der Waals surface area contributed by atoms with Crippen LogP contribution in [-0.4, -0.2) is 0 Å². The number of anilines is 3. The molecule has 0 bridgehead atoms. The predicted molar refractivity (Wildman–Crippen MR) is 167 cm³/mol. The Kier molecular flexibility index (Phi) is 5.22. The Hall–Kier alpha value is -4.93. The van der Waals surface area contributed by atoms with Gasteiger partial charge in [-0.05, 0) is 59.7 Å². The van der Waals surface area contributed by atoms with E-state index in [0.29, 0.717) is 0 Å². The Labute approximate surface area is 234 Å². The van der Waals surface area contributed by atoms with E-state index in [1.54, 1.807) is 0 Å². The largest absolute Gasteiger partial charge is 0.454 e. The lowest BCUT2D eigenvalue weighted by Crippen LogP contribution is -2.10. The van der Waals surface area contributed by atoms with Crippen molar-refractivity contribution in [2.75, 3.05) is 4.90 Å². The monoisotopic (exact) mass is 535 g/mol. The minimum atomic E-state index is -0.234. The molecule has 0 radical (unpaired) electrons. The molecule has 4 heteroatoms. The molecule has 2 nitrogen and oxygen atoms in total. The van der Waals surface area contributed by atoms with E-state index in [1.165, 1.54) is 32.3 Å². The summed E-state index contributed by atoms with van der Waals surface area (Å²) in [6.07, 6.45) is 0. The highest BCUT2D eigenvalue weighted by Gasteiger charge is 2.22. The van der Waals surface area contributed by atoms with Gasteiger partial charge >= 0.3 is 0 Å². The second-order valence-electron chi connectivity index (χ2n) is 9.89. The summed E-state index contributed by atoms with van der Waals surface area (Å²) in [5.74, 6) is -0.234. The van der Waals surface area contributed by atoms with Crippen LogP contribution in [0.5, 0.6) is 0 Å². The predicted octanol–water partition coefficient (Wildman–Crippen LogP) is 11.2. The van der Waals surface area contributed by atoms with Gasteiger partial charge in [0.05, 0.1) is 16.1 Å². The van der Waals surface area contributed by atoms with Gasteiger partial charge in [0.1, 0.15) is 11.4 Å². The number of furan rings is 1. The molecule has 0 aliphatic heterocycles. The third-order valence-electron chi connectivity index (χ3n) is 7.55. The molecule has 0 saturated heterocycles. The topological polar surface area (TPSA) is 16.4 Å². The highest BCUT2D eigenvalue weighted by atomic mass is 32.1. The van der Waals surface area contributed by atoms with Gasteiger partial charge in [-0.25, -0.2) is 4.39 Å². The maximum atomic E-state index is 13.5. The van der Waals surface area contributed by atoms with E-state index in [0.717, 1.165) is 50.1 Å². The smallest absolute Gasteiger partial charge is 0.159 e. The third kappa shape index (κ3) is 3.61. The van der Waals surface area contributed by atoms with Crippen LogP contribution in [0, 0.1) is 5.82 Å². The van der Waals surface area contributed by atoms with E-state index < -0.39 is 0 Å². The van der Waals surface area contributed by atoms with E-state index in [1.807, 2.05) is 41.7 Å². The van der Waals surface area contributed by atoms with E-state index in [4.69, 9.17) is 4.42 Å². The van der Waals surface area contributed by atoms with Crippen LogP contribution in [0.2, 0.25) is 0 Å². The molecule has 0 amide bonds. The zero-order chi connectivity index (χ0) is 26.6. The molecule has 8 rings (SSSR count). The Morgan fingerprint density at radius 3 is 1.95 bits per heavy atom. The zero-order valence-corrected chi connectivity index (χ0v) is 22.2. The van der Waals surface area contributed by atoms with Gasteiger partial charge < -0.3 is 9.32 Å². The number of hydrogen-bond acceptors (Lipinski definition) is 3. The maximum Gasteiger partial charge on any atom is 0.159 e. The third-order valence-corrected chi connectivity index (χ3v) is 8.76. The lowest BCUT2D eigenvalue weighted by molar-refractivity contribution is 0.628. The van der Waals surface area contributed by atoms with Crippen LogP contribution in [0.15, 0.2) is 138 Å². The lowest BCUT2D eigenvalue weighted by Gasteiger charge is -2.26. The molecule has 0 aliphatic carbocycles. The lowest BCUT2D eigenvalue weighted by atomic mass is 10.0. The molecule has 0 atom stereocenters. The molecule has 0 aliphatic rings. The van der Waals surface area contributed by atoms with Crippen molar-refractivity contribution in [1.29, 1.82) is 0 Å². The summed E-state index contributed by atoms with van der Waals surface area (Å²) in [4.78, 5) is 2.30. The number of fused-ring (bicyclic) bond motifs is 6. The van der Waals surface area contributed by atoms with Gasteiger partial charge in [0.2, 0.25) is 0 Å². The summed E-state index contributed by atoms with van der Waals surface area (Å²) in [5, 5.41) is 4.69. The van der Waals surface area contributed by atoms with E-state index >= 15 is 0 Å². The van der Waals surface area contributed by atoms with Crippen LogP contribution in [-0.2, 0) is 0 Å². The van der Waals surface area contributed by atoms with Gasteiger partial charge in [0.25, 0.3) is 0 Å². The molecule has 2 heterocycles. The normalized spacial score (nSPS) is 11.6. The van der Waals surface area contributed by atoms with Crippen LogP contribution in [0.4, 0.5) is 21.5 Å². The molecular weight excluding hydrogens is 513 g/mol. The van der Waals surface area contributed by atoms with Crippen molar-refractivity contribution in [3.8, 4) is 11.1 Å². The summed E-state index contributed by atoms with van der Waals surface area (Å²) in [7, 11) is 0. The molecule has 0 N–H and O–H groups in total. The molecule has 40 heavy (non-hydrogen) atoms. The quantitative estimate of drug-likeness (QED) is 0.223. The summed E-state index contributed by atoms with van der Waals surface area (Å²) < 4.78 is 22.5. The fourth-order valence-electron chi connectivity index (χ4n) is 5.67. The van der Waals surface area contributed by atoms with Crippen molar-refractivity contribution in [2.45, 2.75) is 0 Å². The van der Waals surface area contributed by atoms with E-state index in [-0.39, 0.29) is 5.82 Å². The second kappa shape index (κ2) is 9.08. The van der Waals surface area contributed by atoms with Crippen LogP contribution in [0.25, 0.3) is 53.2 Å². The van der Waals surface area contributed by atoms with Crippen molar-refractivity contribution >= 4 is 70.5 Å². The van der Waals surface area contributed by atoms with Gasteiger partial charge in [0, 0.05) is 31.9 Å². The number of para-hydroxylation sites is 2. The first-order valence-electron chi connectivity index (χ1n) is 13.2. The Balaban J connectivity index is 1.39. The summed E-state index contributed by atoms with van der Waals surface area (Å²) in [5.41, 5.74) is 6.83. The van der Waals surface area contributed by atoms with Crippen molar-refractivity contribution in [3.63, 3.8) is 0 Å². The van der Waals surface area contributed by atoms with Crippen LogP contribution in [0.1, 0.15) is 0 Å². The number of benzene rings is 6. The van der Waals surface area contributed by atoms with Crippen molar-refractivity contribution in [1.82, 2.24) is 0 Å². The highest BCUT2D eigenvalue weighted by Crippen LogP contribution is 2.47. The molecule has 8 aromatic rings. The zero-order valence-electron chi connectivity index (χ0n) is 21.3. The van der Waals surface area contributed by atoms with Crippen LogP contribution < -0.4 is 4.90 Å². The average Bonchev–Trinajstić information content (AvgIpc) is 3.58. The van der Waals surface area contributed by atoms with Crippen molar-refractivity contribution < 1.29 is 8.81 Å². The number of halogens is 1. The Morgan fingerprint density at radius 1 is 0.525 bits per heavy atom. The van der Waals surface area contributed by atoms with Crippen LogP contribution >= 0.6 is 11.3 Å². The van der Waals surface area contributed by atoms with E-state index in [9.17, 15) is 4.39 Å². The molecule has 0 unspecified atom stereocenters. The van der Waals surface area contributed by atoms with Gasteiger partial charge in [-0.15, -0.1) is 11.3 Å². The number of nitrogens with zero attached hydrogens (tertiary/aromatic N) is 1. The molecular formula is C36H22FNOS. The Morgan fingerprint density at radius 2 is 1.15 bits per heavy atom. The number of thiophene rings is 1. The van der Waals surface area contributed by atoms with Crippen LogP contribution in [0.3, 0.4) is 0 Å². The van der Waals surface area contributed by atoms with Gasteiger partial charge in [-0.2, -0.15) is 0 Å². The molecule has 0 spiro atoms. The minimum absolute atomic E-state index is 0.234. The Bertz CT molecular complexity index is 2060. The molecule has 6 aromatic carbocycles. The first kappa shape index (κ1) is 23.0. The molecule has 0 fully saturated rings. The van der Waals surface area contributed by atoms with E-state index in [2.05, 4.69) is 95.9 Å². The SMILES string of the molecule is Fc1ccc(-c2ccc(N(c3cccc4c3oc3ccccc34)c3cccc4c3sc3ccccc34)cc2)cc1. The number of rotatable bonds is 4. The second-order valence-corrected chi connectivity index (χ2v) is 10.9. The number of hydrogen-bond donors (Lipinski definition) is 0. The maximum absolute atomic E-state index is 13.5. The van der Waals surface area contributed by atoms with Gasteiger partial charge in [0.15, 0.2) is 5.58 Å². The fraction of sp³-hybridized carbons (Fsp3) is 0. The van der Waals surface area contributed by atoms with Crippen molar-refractivity contribution in [3.05, 3.63) is 139 Å².